The SMILES string of the molecule is C[C@H]1CC(NCCc2ccncc2)c2ccsc2S1. The molecule has 2 atom stereocenters. The van der Waals surface area contributed by atoms with Crippen molar-refractivity contribution in [3.8, 4) is 0 Å². The van der Waals surface area contributed by atoms with Crippen LogP contribution in [0.25, 0.3) is 0 Å². The molecule has 0 spiro atoms. The summed E-state index contributed by atoms with van der Waals surface area (Å²) < 4.78 is 1.50. The molecule has 1 aliphatic heterocycles. The van der Waals surface area contributed by atoms with Crippen LogP contribution in [0.4, 0.5) is 0 Å². The number of pyridine rings is 1. The lowest BCUT2D eigenvalue weighted by Crippen LogP contribution is -2.28. The molecular weight excluding hydrogens is 272 g/mol. The molecule has 0 aliphatic carbocycles. The highest BCUT2D eigenvalue weighted by Crippen LogP contribution is 2.43. The van der Waals surface area contributed by atoms with E-state index in [0.717, 1.165) is 13.0 Å². The van der Waals surface area contributed by atoms with Crippen LogP contribution >= 0.6 is 23.1 Å². The summed E-state index contributed by atoms with van der Waals surface area (Å²) in [7, 11) is 0. The smallest absolute Gasteiger partial charge is 0.0649 e. The first-order valence-electron chi connectivity index (χ1n) is 6.69. The number of aromatic nitrogens is 1. The summed E-state index contributed by atoms with van der Waals surface area (Å²) >= 11 is 3.90. The van der Waals surface area contributed by atoms with Crippen molar-refractivity contribution in [1.82, 2.24) is 10.3 Å². The number of nitrogens with one attached hydrogen (secondary N) is 1. The highest BCUT2D eigenvalue weighted by atomic mass is 32.2. The second kappa shape index (κ2) is 6.07. The Kier molecular flexibility index (Phi) is 4.21. The molecule has 0 radical (unpaired) electrons. The lowest BCUT2D eigenvalue weighted by Gasteiger charge is -2.27. The maximum Gasteiger partial charge on any atom is 0.0649 e. The van der Waals surface area contributed by atoms with Gasteiger partial charge in [0, 0.05) is 23.7 Å². The molecule has 0 bridgehead atoms. The standard InChI is InChI=1S/C15H18N2S2/c1-11-10-14(13-5-9-18-15(13)19-11)17-8-4-12-2-6-16-7-3-12/h2-3,5-7,9,11,14,17H,4,8,10H2,1H3/t11-,14?/m0/s1. The van der Waals surface area contributed by atoms with Gasteiger partial charge in [-0.05, 0) is 54.1 Å². The van der Waals surface area contributed by atoms with Crippen molar-refractivity contribution >= 4 is 23.1 Å². The number of hydrogen-bond donors (Lipinski definition) is 1. The molecule has 3 heterocycles. The van der Waals surface area contributed by atoms with E-state index in [1.165, 1.54) is 21.8 Å². The molecule has 0 aromatic carbocycles. The third-order valence-electron chi connectivity index (χ3n) is 3.46. The third kappa shape index (κ3) is 3.19. The first-order valence-corrected chi connectivity index (χ1v) is 8.45. The molecule has 19 heavy (non-hydrogen) atoms. The van der Waals surface area contributed by atoms with Gasteiger partial charge in [-0.1, -0.05) is 6.92 Å². The van der Waals surface area contributed by atoms with Crippen LogP contribution in [-0.2, 0) is 6.42 Å². The summed E-state index contributed by atoms with van der Waals surface area (Å²) in [5, 5.41) is 6.64. The molecule has 4 heteroatoms. The van der Waals surface area contributed by atoms with Crippen molar-refractivity contribution in [3.63, 3.8) is 0 Å². The van der Waals surface area contributed by atoms with Crippen molar-refractivity contribution in [3.05, 3.63) is 47.1 Å². The van der Waals surface area contributed by atoms with Gasteiger partial charge in [0.25, 0.3) is 0 Å². The summed E-state index contributed by atoms with van der Waals surface area (Å²) in [5.41, 5.74) is 2.86. The topological polar surface area (TPSA) is 24.9 Å². The average molecular weight is 290 g/mol. The zero-order valence-corrected chi connectivity index (χ0v) is 12.6. The van der Waals surface area contributed by atoms with Gasteiger partial charge in [0.15, 0.2) is 0 Å². The van der Waals surface area contributed by atoms with Crippen LogP contribution in [-0.4, -0.2) is 16.8 Å². The Hall–Kier alpha value is -0.840. The maximum atomic E-state index is 4.05. The molecule has 100 valence electrons. The van der Waals surface area contributed by atoms with E-state index in [1.807, 2.05) is 35.5 Å². The second-order valence-corrected chi connectivity index (χ2v) is 7.56. The molecule has 0 fully saturated rings. The lowest BCUT2D eigenvalue weighted by molar-refractivity contribution is 0.492. The number of thioether (sulfide) groups is 1. The van der Waals surface area contributed by atoms with Crippen molar-refractivity contribution in [2.24, 2.45) is 0 Å². The van der Waals surface area contributed by atoms with E-state index in [-0.39, 0.29) is 0 Å². The minimum Gasteiger partial charge on any atom is -0.309 e. The van der Waals surface area contributed by atoms with Gasteiger partial charge in [0.2, 0.25) is 0 Å². The van der Waals surface area contributed by atoms with Crippen molar-refractivity contribution in [2.45, 2.75) is 35.3 Å². The fourth-order valence-electron chi connectivity index (χ4n) is 2.48. The van der Waals surface area contributed by atoms with Gasteiger partial charge in [-0.15, -0.1) is 23.1 Å². The summed E-state index contributed by atoms with van der Waals surface area (Å²) in [4.78, 5) is 4.05. The fourth-order valence-corrected chi connectivity index (χ4v) is 5.05. The number of fused-ring (bicyclic) bond motifs is 1. The predicted molar refractivity (Wildman–Crippen MR) is 82.9 cm³/mol. The van der Waals surface area contributed by atoms with Crippen molar-refractivity contribution in [2.75, 3.05) is 6.54 Å². The maximum absolute atomic E-state index is 4.05. The van der Waals surface area contributed by atoms with E-state index >= 15 is 0 Å². The Balaban J connectivity index is 1.59. The Labute approximate surface area is 122 Å². The summed E-state index contributed by atoms with van der Waals surface area (Å²) in [6.45, 7) is 3.35. The number of hydrogen-bond acceptors (Lipinski definition) is 4. The highest BCUT2D eigenvalue weighted by Gasteiger charge is 2.25. The monoisotopic (exact) mass is 290 g/mol. The van der Waals surface area contributed by atoms with Crippen LogP contribution in [0.1, 0.15) is 30.5 Å². The molecule has 0 saturated heterocycles. The third-order valence-corrected chi connectivity index (χ3v) is 5.81. The molecule has 0 saturated carbocycles. The van der Waals surface area contributed by atoms with Gasteiger partial charge < -0.3 is 5.32 Å². The second-order valence-electron chi connectivity index (χ2n) is 4.94. The molecule has 1 unspecified atom stereocenters. The zero-order chi connectivity index (χ0) is 13.1. The molecule has 0 amide bonds. The number of thiophene rings is 1. The first-order chi connectivity index (χ1) is 9.33. The molecular formula is C15H18N2S2. The molecule has 2 aromatic rings. The molecule has 2 aromatic heterocycles. The molecule has 3 rings (SSSR count). The van der Waals surface area contributed by atoms with Gasteiger partial charge in [0.05, 0.1) is 4.21 Å². The lowest BCUT2D eigenvalue weighted by atomic mass is 10.0. The van der Waals surface area contributed by atoms with E-state index in [1.54, 1.807) is 0 Å². The van der Waals surface area contributed by atoms with Crippen molar-refractivity contribution < 1.29 is 0 Å². The van der Waals surface area contributed by atoms with E-state index in [2.05, 4.69) is 40.8 Å². The Morgan fingerprint density at radius 2 is 2.16 bits per heavy atom. The highest BCUT2D eigenvalue weighted by molar-refractivity contribution is 8.01. The Morgan fingerprint density at radius 3 is 3.00 bits per heavy atom. The number of nitrogens with zero attached hydrogens (tertiary/aromatic N) is 1. The molecule has 1 aliphatic rings. The normalized spacial score (nSPS) is 22.2. The Bertz CT molecular complexity index is 524. The minimum absolute atomic E-state index is 0.527. The summed E-state index contributed by atoms with van der Waals surface area (Å²) in [6, 6.07) is 7.00. The van der Waals surface area contributed by atoms with Gasteiger partial charge in [-0.25, -0.2) is 0 Å². The Morgan fingerprint density at radius 1 is 1.32 bits per heavy atom. The zero-order valence-electron chi connectivity index (χ0n) is 11.0. The first kappa shape index (κ1) is 13.2. The van der Waals surface area contributed by atoms with Crippen LogP contribution in [0.3, 0.4) is 0 Å². The van der Waals surface area contributed by atoms with E-state index < -0.39 is 0 Å². The minimum atomic E-state index is 0.527. The van der Waals surface area contributed by atoms with E-state index in [4.69, 9.17) is 0 Å². The summed E-state index contributed by atoms with van der Waals surface area (Å²) in [6.07, 6.45) is 6.03. The van der Waals surface area contributed by atoms with Crippen LogP contribution in [0, 0.1) is 0 Å². The fraction of sp³-hybridized carbons (Fsp3) is 0.400. The number of rotatable bonds is 4. The largest absolute Gasteiger partial charge is 0.309 e. The van der Waals surface area contributed by atoms with E-state index in [0.29, 0.717) is 11.3 Å². The van der Waals surface area contributed by atoms with Gasteiger partial charge in [-0.2, -0.15) is 0 Å². The van der Waals surface area contributed by atoms with E-state index in [9.17, 15) is 0 Å². The van der Waals surface area contributed by atoms with Crippen LogP contribution < -0.4 is 5.32 Å². The van der Waals surface area contributed by atoms with Crippen LogP contribution in [0.15, 0.2) is 40.2 Å². The van der Waals surface area contributed by atoms with Crippen LogP contribution in [0.2, 0.25) is 0 Å². The summed E-state index contributed by atoms with van der Waals surface area (Å²) in [5.74, 6) is 0. The average Bonchev–Trinajstić information content (AvgIpc) is 2.88. The van der Waals surface area contributed by atoms with Gasteiger partial charge in [0.1, 0.15) is 0 Å². The molecule has 2 nitrogen and oxygen atoms in total. The predicted octanol–water partition coefficient (Wildman–Crippen LogP) is 3.90. The van der Waals surface area contributed by atoms with Crippen LogP contribution in [0.5, 0.6) is 0 Å². The van der Waals surface area contributed by atoms with Gasteiger partial charge in [-0.3, -0.25) is 4.98 Å². The molecule has 1 N–H and O–H groups in total. The quantitative estimate of drug-likeness (QED) is 0.924. The van der Waals surface area contributed by atoms with Gasteiger partial charge >= 0.3 is 0 Å². The van der Waals surface area contributed by atoms with Crippen molar-refractivity contribution in [1.29, 1.82) is 0 Å².